The highest BCUT2D eigenvalue weighted by molar-refractivity contribution is 7.55. The Bertz CT molecular complexity index is 394. The van der Waals surface area contributed by atoms with Crippen LogP contribution in [0, 0.1) is 0 Å². The maximum Gasteiger partial charge on any atom is 0.340 e. The molecule has 0 heterocycles. The SMILES string of the molecule is COP(=O)(OC)[C@H](C)C(=O)c1ccccc1. The Balaban J connectivity index is 2.95. The van der Waals surface area contributed by atoms with E-state index in [4.69, 9.17) is 9.05 Å². The van der Waals surface area contributed by atoms with E-state index in [9.17, 15) is 9.36 Å². The van der Waals surface area contributed by atoms with Gasteiger partial charge >= 0.3 is 7.60 Å². The van der Waals surface area contributed by atoms with E-state index in [2.05, 4.69) is 0 Å². The molecule has 1 aromatic carbocycles. The van der Waals surface area contributed by atoms with Crippen molar-refractivity contribution < 1.29 is 18.4 Å². The summed E-state index contributed by atoms with van der Waals surface area (Å²) >= 11 is 0. The summed E-state index contributed by atoms with van der Waals surface area (Å²) in [6, 6.07) is 8.67. The van der Waals surface area contributed by atoms with Crippen LogP contribution in [0.25, 0.3) is 0 Å². The van der Waals surface area contributed by atoms with Gasteiger partial charge in [0.2, 0.25) is 0 Å². The molecule has 0 N–H and O–H groups in total. The molecule has 0 aliphatic carbocycles. The summed E-state index contributed by atoms with van der Waals surface area (Å²) in [6.45, 7) is 1.54. The summed E-state index contributed by atoms with van der Waals surface area (Å²) in [7, 11) is -0.790. The van der Waals surface area contributed by atoms with Crippen LogP contribution in [0.3, 0.4) is 0 Å². The molecule has 5 heteroatoms. The second kappa shape index (κ2) is 5.39. The van der Waals surface area contributed by atoms with Crippen molar-refractivity contribution in [3.05, 3.63) is 35.9 Å². The number of benzene rings is 1. The quantitative estimate of drug-likeness (QED) is 0.588. The zero-order valence-corrected chi connectivity index (χ0v) is 10.4. The van der Waals surface area contributed by atoms with Crippen molar-refractivity contribution in [2.45, 2.75) is 12.6 Å². The van der Waals surface area contributed by atoms with Crippen molar-refractivity contribution in [2.24, 2.45) is 0 Å². The molecule has 4 nitrogen and oxygen atoms in total. The number of hydrogen-bond donors (Lipinski definition) is 0. The predicted molar refractivity (Wildman–Crippen MR) is 61.9 cm³/mol. The Hall–Kier alpha value is -0.960. The van der Waals surface area contributed by atoms with Gasteiger partial charge in [0.05, 0.1) is 0 Å². The summed E-state index contributed by atoms with van der Waals surface area (Å²) in [4.78, 5) is 12.0. The summed E-state index contributed by atoms with van der Waals surface area (Å²) < 4.78 is 21.6. The molecule has 1 aromatic rings. The van der Waals surface area contributed by atoms with Crippen LogP contribution >= 0.6 is 7.60 Å². The lowest BCUT2D eigenvalue weighted by atomic mass is 10.1. The summed E-state index contributed by atoms with van der Waals surface area (Å²) in [5, 5.41) is 0. The number of rotatable bonds is 5. The Labute approximate surface area is 95.1 Å². The smallest absolute Gasteiger partial charge is 0.311 e. The monoisotopic (exact) mass is 242 g/mol. The highest BCUT2D eigenvalue weighted by Crippen LogP contribution is 2.52. The summed E-state index contributed by atoms with van der Waals surface area (Å²) in [6.07, 6.45) is 0. The van der Waals surface area contributed by atoms with Crippen molar-refractivity contribution in [1.29, 1.82) is 0 Å². The Kier molecular flexibility index (Phi) is 4.42. The minimum Gasteiger partial charge on any atom is -0.311 e. The van der Waals surface area contributed by atoms with Gasteiger partial charge in [0.1, 0.15) is 5.66 Å². The molecule has 0 radical (unpaired) electrons. The number of hydrogen-bond acceptors (Lipinski definition) is 4. The first-order chi connectivity index (χ1) is 7.55. The Morgan fingerprint density at radius 1 is 1.19 bits per heavy atom. The highest BCUT2D eigenvalue weighted by Gasteiger charge is 2.36. The van der Waals surface area contributed by atoms with Gasteiger partial charge in [-0.1, -0.05) is 30.3 Å². The van der Waals surface area contributed by atoms with Gasteiger partial charge in [0.25, 0.3) is 0 Å². The average Bonchev–Trinajstić information content (AvgIpc) is 2.37. The van der Waals surface area contributed by atoms with E-state index >= 15 is 0 Å². The third kappa shape index (κ3) is 2.59. The molecule has 16 heavy (non-hydrogen) atoms. The average molecular weight is 242 g/mol. The molecule has 1 rings (SSSR count). The molecule has 0 saturated heterocycles. The van der Waals surface area contributed by atoms with E-state index in [1.54, 1.807) is 31.2 Å². The molecule has 0 saturated carbocycles. The van der Waals surface area contributed by atoms with Crippen molar-refractivity contribution in [3.8, 4) is 0 Å². The van der Waals surface area contributed by atoms with Crippen LogP contribution in [0.4, 0.5) is 0 Å². The lowest BCUT2D eigenvalue weighted by Crippen LogP contribution is -2.19. The van der Waals surface area contributed by atoms with E-state index in [0.29, 0.717) is 5.56 Å². The van der Waals surface area contributed by atoms with E-state index in [-0.39, 0.29) is 5.78 Å². The first-order valence-corrected chi connectivity index (χ1v) is 6.47. The van der Waals surface area contributed by atoms with Crippen LogP contribution in [0.2, 0.25) is 0 Å². The molecule has 1 atom stereocenters. The number of ketones is 1. The van der Waals surface area contributed by atoms with Gasteiger partial charge in [-0.3, -0.25) is 9.36 Å². The zero-order valence-electron chi connectivity index (χ0n) is 9.54. The molecule has 0 aliphatic rings. The molecular weight excluding hydrogens is 227 g/mol. The minimum atomic E-state index is -3.34. The lowest BCUT2D eigenvalue weighted by molar-refractivity contribution is 0.0978. The molecule has 0 unspecified atom stereocenters. The highest BCUT2D eigenvalue weighted by atomic mass is 31.2. The topological polar surface area (TPSA) is 52.6 Å². The van der Waals surface area contributed by atoms with Crippen molar-refractivity contribution >= 4 is 13.4 Å². The van der Waals surface area contributed by atoms with Gasteiger partial charge in [-0.25, -0.2) is 0 Å². The fourth-order valence-corrected chi connectivity index (χ4v) is 2.60. The van der Waals surface area contributed by atoms with E-state index in [0.717, 1.165) is 0 Å². The minimum absolute atomic E-state index is 0.243. The van der Waals surface area contributed by atoms with Crippen molar-refractivity contribution in [3.63, 3.8) is 0 Å². The Morgan fingerprint density at radius 3 is 2.12 bits per heavy atom. The van der Waals surface area contributed by atoms with Crippen LogP contribution in [0.5, 0.6) is 0 Å². The maximum atomic E-state index is 12.0. The van der Waals surface area contributed by atoms with Crippen molar-refractivity contribution in [1.82, 2.24) is 0 Å². The normalized spacial score (nSPS) is 13.4. The van der Waals surface area contributed by atoms with Crippen LogP contribution in [0.15, 0.2) is 30.3 Å². The standard InChI is InChI=1S/C11H15O4P/c1-9(16(13,14-2)15-3)11(12)10-7-5-4-6-8-10/h4-9H,1-3H3/t9-/m1/s1. The maximum absolute atomic E-state index is 12.0. The summed E-state index contributed by atoms with van der Waals surface area (Å²) in [5.41, 5.74) is -0.297. The molecule has 88 valence electrons. The molecule has 0 bridgehead atoms. The van der Waals surface area contributed by atoms with Gasteiger partial charge in [0, 0.05) is 19.8 Å². The van der Waals surface area contributed by atoms with Gasteiger partial charge < -0.3 is 9.05 Å². The number of carbonyl (C=O) groups excluding carboxylic acids is 1. The third-order valence-electron chi connectivity index (χ3n) is 2.42. The van der Waals surface area contributed by atoms with Crippen LogP contribution in [-0.2, 0) is 13.6 Å². The van der Waals surface area contributed by atoms with Gasteiger partial charge in [-0.15, -0.1) is 0 Å². The molecule has 0 aliphatic heterocycles. The Morgan fingerprint density at radius 2 is 1.69 bits per heavy atom. The lowest BCUT2D eigenvalue weighted by Gasteiger charge is -2.19. The summed E-state index contributed by atoms with van der Waals surface area (Å²) in [5.74, 6) is -0.243. The van der Waals surface area contributed by atoms with Crippen LogP contribution in [0.1, 0.15) is 17.3 Å². The zero-order chi connectivity index (χ0) is 12.2. The molecule has 0 fully saturated rings. The second-order valence-electron chi connectivity index (χ2n) is 3.31. The van der Waals surface area contributed by atoms with E-state index in [1.807, 2.05) is 6.07 Å². The third-order valence-corrected chi connectivity index (χ3v) is 4.62. The molecular formula is C11H15O4P. The number of carbonyl (C=O) groups is 1. The molecule has 0 aromatic heterocycles. The van der Waals surface area contributed by atoms with Crippen LogP contribution < -0.4 is 0 Å². The van der Waals surface area contributed by atoms with Crippen LogP contribution in [-0.4, -0.2) is 25.7 Å². The van der Waals surface area contributed by atoms with Crippen molar-refractivity contribution in [2.75, 3.05) is 14.2 Å². The molecule has 0 amide bonds. The predicted octanol–water partition coefficient (Wildman–Crippen LogP) is 2.74. The van der Waals surface area contributed by atoms with Gasteiger partial charge in [-0.05, 0) is 6.92 Å². The van der Waals surface area contributed by atoms with Gasteiger partial charge in [0.15, 0.2) is 5.78 Å². The fourth-order valence-electron chi connectivity index (χ4n) is 1.38. The van der Waals surface area contributed by atoms with Gasteiger partial charge in [-0.2, -0.15) is 0 Å². The number of Topliss-reactive ketones (excluding diaryl/α,β-unsaturated/α-hetero) is 1. The second-order valence-corrected chi connectivity index (χ2v) is 5.90. The largest absolute Gasteiger partial charge is 0.340 e. The first kappa shape index (κ1) is 13.1. The van der Waals surface area contributed by atoms with E-state index in [1.165, 1.54) is 14.2 Å². The first-order valence-electron chi connectivity index (χ1n) is 4.85. The molecule has 0 spiro atoms. The fraction of sp³-hybridized carbons (Fsp3) is 0.364. The van der Waals surface area contributed by atoms with E-state index < -0.39 is 13.3 Å².